The zero-order valence-electron chi connectivity index (χ0n) is 11.0. The van der Waals surface area contributed by atoms with Crippen LogP contribution in [0.3, 0.4) is 0 Å². The van der Waals surface area contributed by atoms with E-state index >= 15 is 0 Å². The highest BCUT2D eigenvalue weighted by Gasteiger charge is 2.13. The standard InChI is InChI=1S/C16H17N3/c1-12-7-8-15-14(9-12)11-19(18-15)16(10-17)13-5-3-2-4-6-13/h2-9,11,16H,10,17H2,1H3. The van der Waals surface area contributed by atoms with Crippen molar-refractivity contribution >= 4 is 10.9 Å². The Labute approximate surface area is 112 Å². The van der Waals surface area contributed by atoms with Gasteiger partial charge in [-0.2, -0.15) is 5.10 Å². The molecule has 1 atom stereocenters. The van der Waals surface area contributed by atoms with E-state index in [-0.39, 0.29) is 6.04 Å². The van der Waals surface area contributed by atoms with Gasteiger partial charge in [0.05, 0.1) is 11.6 Å². The summed E-state index contributed by atoms with van der Waals surface area (Å²) in [5, 5.41) is 5.80. The maximum atomic E-state index is 5.93. The number of nitrogens with zero attached hydrogens (tertiary/aromatic N) is 2. The van der Waals surface area contributed by atoms with Crippen molar-refractivity contribution in [2.24, 2.45) is 5.73 Å². The van der Waals surface area contributed by atoms with Crippen LogP contribution in [0.15, 0.2) is 54.7 Å². The van der Waals surface area contributed by atoms with E-state index in [0.29, 0.717) is 6.54 Å². The maximum Gasteiger partial charge on any atom is 0.0923 e. The van der Waals surface area contributed by atoms with Gasteiger partial charge in [0.2, 0.25) is 0 Å². The van der Waals surface area contributed by atoms with Crippen molar-refractivity contribution < 1.29 is 0 Å². The van der Waals surface area contributed by atoms with Crippen molar-refractivity contribution in [2.75, 3.05) is 6.54 Å². The third-order valence-electron chi connectivity index (χ3n) is 3.40. The van der Waals surface area contributed by atoms with Crippen LogP contribution in [0.25, 0.3) is 10.9 Å². The average molecular weight is 251 g/mol. The first-order valence-corrected chi connectivity index (χ1v) is 6.48. The largest absolute Gasteiger partial charge is 0.328 e. The van der Waals surface area contributed by atoms with E-state index in [1.807, 2.05) is 22.9 Å². The van der Waals surface area contributed by atoms with Crippen molar-refractivity contribution in [1.29, 1.82) is 0 Å². The SMILES string of the molecule is Cc1ccc2nn(C(CN)c3ccccc3)cc2c1. The van der Waals surface area contributed by atoms with Gasteiger partial charge in [0.25, 0.3) is 0 Å². The molecule has 3 nitrogen and oxygen atoms in total. The molecule has 96 valence electrons. The maximum absolute atomic E-state index is 5.93. The van der Waals surface area contributed by atoms with Gasteiger partial charge in [-0.1, -0.05) is 42.0 Å². The Morgan fingerprint density at radius 1 is 1.16 bits per heavy atom. The number of hydrogen-bond acceptors (Lipinski definition) is 2. The van der Waals surface area contributed by atoms with Crippen LogP contribution in [0.5, 0.6) is 0 Å². The summed E-state index contributed by atoms with van der Waals surface area (Å²) in [6.45, 7) is 2.63. The highest BCUT2D eigenvalue weighted by Crippen LogP contribution is 2.21. The number of aromatic nitrogens is 2. The molecular weight excluding hydrogens is 234 g/mol. The number of benzene rings is 2. The van der Waals surface area contributed by atoms with Crippen LogP contribution in [0, 0.1) is 6.92 Å². The van der Waals surface area contributed by atoms with Crippen molar-refractivity contribution in [3.8, 4) is 0 Å². The van der Waals surface area contributed by atoms with Gasteiger partial charge in [-0.3, -0.25) is 4.68 Å². The minimum absolute atomic E-state index is 0.0916. The molecule has 0 amide bonds. The molecule has 1 heterocycles. The van der Waals surface area contributed by atoms with E-state index in [9.17, 15) is 0 Å². The van der Waals surface area contributed by atoms with Crippen LogP contribution in [0.2, 0.25) is 0 Å². The van der Waals surface area contributed by atoms with Crippen LogP contribution in [0.4, 0.5) is 0 Å². The Hall–Kier alpha value is -2.13. The molecule has 3 aromatic rings. The summed E-state index contributed by atoms with van der Waals surface area (Å²) < 4.78 is 1.97. The molecule has 0 saturated heterocycles. The molecule has 3 rings (SSSR count). The zero-order valence-corrected chi connectivity index (χ0v) is 11.0. The van der Waals surface area contributed by atoms with Crippen molar-refractivity contribution in [3.63, 3.8) is 0 Å². The molecule has 0 aliphatic rings. The summed E-state index contributed by atoms with van der Waals surface area (Å²) >= 11 is 0. The van der Waals surface area contributed by atoms with Crippen LogP contribution >= 0.6 is 0 Å². The molecule has 0 radical (unpaired) electrons. The number of hydrogen-bond donors (Lipinski definition) is 1. The van der Waals surface area contributed by atoms with E-state index in [4.69, 9.17) is 5.73 Å². The third-order valence-corrected chi connectivity index (χ3v) is 3.40. The second-order valence-electron chi connectivity index (χ2n) is 4.83. The summed E-state index contributed by atoms with van der Waals surface area (Å²) in [5.41, 5.74) is 9.38. The molecule has 0 bridgehead atoms. The Bertz CT molecular complexity index is 686. The van der Waals surface area contributed by atoms with Gasteiger partial charge in [-0.15, -0.1) is 0 Å². The van der Waals surface area contributed by atoms with Crippen LogP contribution in [-0.4, -0.2) is 16.3 Å². The highest BCUT2D eigenvalue weighted by atomic mass is 15.3. The van der Waals surface area contributed by atoms with E-state index in [2.05, 4.69) is 48.6 Å². The monoisotopic (exact) mass is 251 g/mol. The third kappa shape index (κ3) is 2.25. The first-order chi connectivity index (χ1) is 9.28. The van der Waals surface area contributed by atoms with Gasteiger partial charge in [-0.25, -0.2) is 0 Å². The molecule has 1 unspecified atom stereocenters. The van der Waals surface area contributed by atoms with Gasteiger partial charge in [0.1, 0.15) is 0 Å². The predicted molar refractivity (Wildman–Crippen MR) is 78.1 cm³/mol. The quantitative estimate of drug-likeness (QED) is 0.778. The van der Waals surface area contributed by atoms with Crippen molar-refractivity contribution in [3.05, 3.63) is 65.9 Å². The van der Waals surface area contributed by atoms with Gasteiger partial charge >= 0.3 is 0 Å². The molecule has 0 fully saturated rings. The average Bonchev–Trinajstić information content (AvgIpc) is 2.83. The summed E-state index contributed by atoms with van der Waals surface area (Å²) in [7, 11) is 0. The van der Waals surface area contributed by atoms with Gasteiger partial charge in [0, 0.05) is 18.1 Å². The fourth-order valence-corrected chi connectivity index (χ4v) is 2.40. The Balaban J connectivity index is 2.07. The van der Waals surface area contributed by atoms with E-state index < -0.39 is 0 Å². The highest BCUT2D eigenvalue weighted by molar-refractivity contribution is 5.78. The number of aryl methyl sites for hydroxylation is 1. The fraction of sp³-hybridized carbons (Fsp3) is 0.188. The minimum atomic E-state index is 0.0916. The smallest absolute Gasteiger partial charge is 0.0923 e. The molecule has 19 heavy (non-hydrogen) atoms. The van der Waals surface area contributed by atoms with Gasteiger partial charge < -0.3 is 5.73 Å². The molecule has 0 aliphatic carbocycles. The van der Waals surface area contributed by atoms with Crippen LogP contribution in [0.1, 0.15) is 17.2 Å². The van der Waals surface area contributed by atoms with E-state index in [1.165, 1.54) is 11.1 Å². The molecular formula is C16H17N3. The lowest BCUT2D eigenvalue weighted by Gasteiger charge is -2.15. The first-order valence-electron chi connectivity index (χ1n) is 6.48. The summed E-state index contributed by atoms with van der Waals surface area (Å²) in [5.74, 6) is 0. The zero-order chi connectivity index (χ0) is 13.2. The van der Waals surface area contributed by atoms with Crippen molar-refractivity contribution in [2.45, 2.75) is 13.0 Å². The van der Waals surface area contributed by atoms with Gasteiger partial charge in [-0.05, 0) is 24.6 Å². The Kier molecular flexibility index (Phi) is 3.05. The molecule has 3 heteroatoms. The van der Waals surface area contributed by atoms with Crippen LogP contribution < -0.4 is 5.73 Å². The number of nitrogens with two attached hydrogens (primary N) is 1. The molecule has 2 N–H and O–H groups in total. The molecule has 0 aliphatic heterocycles. The topological polar surface area (TPSA) is 43.8 Å². The first kappa shape index (κ1) is 11.9. The second kappa shape index (κ2) is 4.86. The lowest BCUT2D eigenvalue weighted by Crippen LogP contribution is -2.20. The Morgan fingerprint density at radius 2 is 1.95 bits per heavy atom. The van der Waals surface area contributed by atoms with Crippen molar-refractivity contribution in [1.82, 2.24) is 9.78 Å². The number of rotatable bonds is 3. The molecule has 0 spiro atoms. The fourth-order valence-electron chi connectivity index (χ4n) is 2.40. The Morgan fingerprint density at radius 3 is 2.68 bits per heavy atom. The minimum Gasteiger partial charge on any atom is -0.328 e. The summed E-state index contributed by atoms with van der Waals surface area (Å²) in [6, 6.07) is 16.6. The lowest BCUT2D eigenvalue weighted by atomic mass is 10.1. The number of fused-ring (bicyclic) bond motifs is 1. The summed E-state index contributed by atoms with van der Waals surface area (Å²) in [4.78, 5) is 0. The molecule has 0 saturated carbocycles. The van der Waals surface area contributed by atoms with Gasteiger partial charge in [0.15, 0.2) is 0 Å². The van der Waals surface area contributed by atoms with E-state index in [1.54, 1.807) is 0 Å². The molecule has 1 aromatic heterocycles. The predicted octanol–water partition coefficient (Wildman–Crippen LogP) is 2.89. The summed E-state index contributed by atoms with van der Waals surface area (Å²) in [6.07, 6.45) is 2.08. The second-order valence-corrected chi connectivity index (χ2v) is 4.83. The lowest BCUT2D eigenvalue weighted by molar-refractivity contribution is 0.537. The van der Waals surface area contributed by atoms with E-state index in [0.717, 1.165) is 10.9 Å². The van der Waals surface area contributed by atoms with Crippen LogP contribution in [-0.2, 0) is 0 Å². The molecule has 2 aromatic carbocycles. The normalized spacial score (nSPS) is 12.7.